The molecule has 3 heterocycles. The first kappa shape index (κ1) is 16.7. The summed E-state index contributed by atoms with van der Waals surface area (Å²) in [6.07, 6.45) is 5.17. The molecule has 0 atom stereocenters. The maximum atomic E-state index is 12.5. The van der Waals surface area contributed by atoms with Crippen LogP contribution in [0.1, 0.15) is 21.9 Å². The van der Waals surface area contributed by atoms with Gasteiger partial charge in [-0.15, -0.1) is 0 Å². The topological polar surface area (TPSA) is 88.5 Å². The number of nitrogens with zero attached hydrogens (tertiary/aromatic N) is 4. The zero-order valence-corrected chi connectivity index (χ0v) is 15.0. The molecule has 0 radical (unpaired) electrons. The number of hydrogen-bond acceptors (Lipinski definition) is 4. The quantitative estimate of drug-likeness (QED) is 0.584. The van der Waals surface area contributed by atoms with Gasteiger partial charge in [0, 0.05) is 35.0 Å². The molecular weight excluding hydrogens is 340 g/mol. The van der Waals surface area contributed by atoms with Crippen molar-refractivity contribution in [3.63, 3.8) is 0 Å². The Balaban J connectivity index is 1.49. The Kier molecular flexibility index (Phi) is 4.25. The van der Waals surface area contributed by atoms with Crippen LogP contribution in [0.15, 0.2) is 61.2 Å². The van der Waals surface area contributed by atoms with E-state index in [1.54, 1.807) is 24.8 Å². The minimum Gasteiger partial charge on any atom is -0.321 e. The highest BCUT2D eigenvalue weighted by atomic mass is 16.1. The lowest BCUT2D eigenvalue weighted by atomic mass is 10.2. The van der Waals surface area contributed by atoms with Crippen molar-refractivity contribution in [1.29, 1.82) is 0 Å². The van der Waals surface area contributed by atoms with Crippen molar-refractivity contribution < 1.29 is 4.79 Å². The lowest BCUT2D eigenvalue weighted by molar-refractivity contribution is 0.102. The van der Waals surface area contributed by atoms with Crippen LogP contribution in [0.5, 0.6) is 0 Å². The molecule has 134 valence electrons. The average molecular weight is 358 g/mol. The molecule has 0 saturated heterocycles. The summed E-state index contributed by atoms with van der Waals surface area (Å²) >= 11 is 0. The van der Waals surface area contributed by atoms with Crippen molar-refractivity contribution in [2.75, 3.05) is 5.32 Å². The molecule has 7 nitrogen and oxygen atoms in total. The van der Waals surface area contributed by atoms with Gasteiger partial charge in [0.1, 0.15) is 5.69 Å². The molecule has 1 aromatic carbocycles. The second kappa shape index (κ2) is 6.87. The Morgan fingerprint density at radius 3 is 2.48 bits per heavy atom. The predicted octanol–water partition coefficient (Wildman–Crippen LogP) is 3.53. The third-order valence-corrected chi connectivity index (χ3v) is 4.45. The van der Waals surface area contributed by atoms with E-state index in [9.17, 15) is 4.79 Å². The van der Waals surface area contributed by atoms with Gasteiger partial charge in [0.15, 0.2) is 0 Å². The molecule has 1 amide bonds. The molecule has 0 aliphatic carbocycles. The van der Waals surface area contributed by atoms with E-state index in [0.29, 0.717) is 17.1 Å². The summed E-state index contributed by atoms with van der Waals surface area (Å²) in [5, 5.41) is 9.84. The Morgan fingerprint density at radius 2 is 1.81 bits per heavy atom. The van der Waals surface area contributed by atoms with Crippen LogP contribution in [-0.4, -0.2) is 30.6 Å². The van der Waals surface area contributed by atoms with Crippen LogP contribution in [0.2, 0.25) is 0 Å². The van der Waals surface area contributed by atoms with Crippen molar-refractivity contribution in [3.8, 4) is 16.9 Å². The maximum absolute atomic E-state index is 12.5. The van der Waals surface area contributed by atoms with Crippen LogP contribution in [-0.2, 0) is 0 Å². The number of aryl methyl sites for hydroxylation is 1. The Morgan fingerprint density at radius 1 is 1.07 bits per heavy atom. The van der Waals surface area contributed by atoms with Crippen molar-refractivity contribution in [2.45, 2.75) is 13.8 Å². The minimum absolute atomic E-state index is 0.245. The molecule has 0 aliphatic heterocycles. The van der Waals surface area contributed by atoms with E-state index < -0.39 is 0 Å². The molecule has 0 saturated carbocycles. The number of anilines is 1. The van der Waals surface area contributed by atoms with E-state index in [0.717, 1.165) is 22.6 Å². The van der Waals surface area contributed by atoms with Crippen molar-refractivity contribution in [1.82, 2.24) is 24.7 Å². The summed E-state index contributed by atoms with van der Waals surface area (Å²) in [6, 6.07) is 13.0. The second-order valence-electron chi connectivity index (χ2n) is 6.19. The zero-order chi connectivity index (χ0) is 18.8. The molecule has 0 fully saturated rings. The fourth-order valence-corrected chi connectivity index (χ4v) is 2.77. The monoisotopic (exact) mass is 358 g/mol. The first-order chi connectivity index (χ1) is 13.1. The fraction of sp³-hybridized carbons (Fsp3) is 0.100. The SMILES string of the molecule is Cc1ncn(-c2ccc(NC(=O)c3cc(-c4ccncc4)n[nH]3)cc2)c1C. The summed E-state index contributed by atoms with van der Waals surface area (Å²) in [5.74, 6) is -0.245. The van der Waals surface area contributed by atoms with Gasteiger partial charge in [0.25, 0.3) is 5.91 Å². The third kappa shape index (κ3) is 3.35. The largest absolute Gasteiger partial charge is 0.321 e. The van der Waals surface area contributed by atoms with E-state index in [-0.39, 0.29) is 5.91 Å². The van der Waals surface area contributed by atoms with Crippen LogP contribution in [0.25, 0.3) is 16.9 Å². The van der Waals surface area contributed by atoms with Crippen molar-refractivity contribution in [3.05, 3.63) is 78.3 Å². The second-order valence-corrected chi connectivity index (χ2v) is 6.19. The van der Waals surface area contributed by atoms with Crippen LogP contribution in [0.4, 0.5) is 5.69 Å². The summed E-state index contributed by atoms with van der Waals surface area (Å²) in [6.45, 7) is 4.00. The van der Waals surface area contributed by atoms with Crippen molar-refractivity contribution in [2.24, 2.45) is 0 Å². The summed E-state index contributed by atoms with van der Waals surface area (Å²) in [4.78, 5) is 20.8. The Labute approximate surface area is 156 Å². The van der Waals surface area contributed by atoms with Crippen LogP contribution >= 0.6 is 0 Å². The number of nitrogens with one attached hydrogen (secondary N) is 2. The zero-order valence-electron chi connectivity index (χ0n) is 15.0. The maximum Gasteiger partial charge on any atom is 0.273 e. The number of rotatable bonds is 4. The third-order valence-electron chi connectivity index (χ3n) is 4.45. The van der Waals surface area contributed by atoms with E-state index in [1.807, 2.05) is 54.8 Å². The Hall–Kier alpha value is -3.74. The van der Waals surface area contributed by atoms with Gasteiger partial charge in [-0.3, -0.25) is 14.9 Å². The molecule has 0 unspecified atom stereocenters. The van der Waals surface area contributed by atoms with Gasteiger partial charge >= 0.3 is 0 Å². The number of imidazole rings is 1. The van der Waals surface area contributed by atoms with Crippen LogP contribution < -0.4 is 5.32 Å². The van der Waals surface area contributed by atoms with E-state index in [1.165, 1.54) is 0 Å². The number of amides is 1. The number of pyridine rings is 1. The Bertz CT molecular complexity index is 1080. The van der Waals surface area contributed by atoms with Gasteiger partial charge in [-0.1, -0.05) is 0 Å². The molecule has 0 bridgehead atoms. The van der Waals surface area contributed by atoms with E-state index >= 15 is 0 Å². The summed E-state index contributed by atoms with van der Waals surface area (Å²) in [7, 11) is 0. The number of benzene rings is 1. The molecular formula is C20H18N6O. The van der Waals surface area contributed by atoms with Gasteiger partial charge in [0.2, 0.25) is 0 Å². The smallest absolute Gasteiger partial charge is 0.273 e. The minimum atomic E-state index is -0.245. The van der Waals surface area contributed by atoms with Crippen LogP contribution in [0, 0.1) is 13.8 Å². The number of hydrogen-bond donors (Lipinski definition) is 2. The molecule has 4 aromatic rings. The molecule has 3 aromatic heterocycles. The van der Waals surface area contributed by atoms with E-state index in [2.05, 4.69) is 25.5 Å². The molecule has 27 heavy (non-hydrogen) atoms. The number of aromatic amines is 1. The lowest BCUT2D eigenvalue weighted by Crippen LogP contribution is -2.12. The van der Waals surface area contributed by atoms with Gasteiger partial charge in [-0.2, -0.15) is 5.10 Å². The highest BCUT2D eigenvalue weighted by Gasteiger charge is 2.12. The first-order valence-corrected chi connectivity index (χ1v) is 8.50. The fourth-order valence-electron chi connectivity index (χ4n) is 2.77. The number of carbonyl (C=O) groups is 1. The standard InChI is InChI=1S/C20H18N6O/c1-13-14(2)26(12-22-13)17-5-3-16(4-6-17)23-20(27)19-11-18(24-25-19)15-7-9-21-10-8-15/h3-12H,1-2H3,(H,23,27)(H,24,25). The predicted molar refractivity (Wildman–Crippen MR) is 103 cm³/mol. The molecule has 0 spiro atoms. The normalized spacial score (nSPS) is 10.7. The van der Waals surface area contributed by atoms with E-state index in [4.69, 9.17) is 0 Å². The van der Waals surface area contributed by atoms with Gasteiger partial charge < -0.3 is 9.88 Å². The van der Waals surface area contributed by atoms with Gasteiger partial charge in [-0.25, -0.2) is 4.98 Å². The van der Waals surface area contributed by atoms with Gasteiger partial charge in [-0.05, 0) is 56.3 Å². The molecule has 2 N–H and O–H groups in total. The molecule has 7 heteroatoms. The number of aromatic nitrogens is 5. The van der Waals surface area contributed by atoms with Crippen molar-refractivity contribution >= 4 is 11.6 Å². The lowest BCUT2D eigenvalue weighted by Gasteiger charge is -2.08. The first-order valence-electron chi connectivity index (χ1n) is 8.50. The summed E-state index contributed by atoms with van der Waals surface area (Å²) in [5.41, 5.74) is 5.78. The average Bonchev–Trinajstić information content (AvgIpc) is 3.31. The summed E-state index contributed by atoms with van der Waals surface area (Å²) < 4.78 is 2.01. The number of carbonyl (C=O) groups excluding carboxylic acids is 1. The van der Waals surface area contributed by atoms with Gasteiger partial charge in [0.05, 0.1) is 17.7 Å². The highest BCUT2D eigenvalue weighted by Crippen LogP contribution is 2.19. The molecule has 0 aliphatic rings. The van der Waals surface area contributed by atoms with Crippen LogP contribution in [0.3, 0.4) is 0 Å². The number of H-pyrrole nitrogens is 1. The molecule has 4 rings (SSSR count). The highest BCUT2D eigenvalue weighted by molar-refractivity contribution is 6.03.